The molecule has 1 aliphatic heterocycles. The minimum Gasteiger partial charge on any atom is -0.298 e. The molecule has 2 amide bonds. The lowest BCUT2D eigenvalue weighted by molar-refractivity contribution is -0.122. The van der Waals surface area contributed by atoms with Crippen molar-refractivity contribution in [3.05, 3.63) is 94.0 Å². The molecule has 1 N–H and O–H groups in total. The van der Waals surface area contributed by atoms with E-state index in [-0.39, 0.29) is 10.7 Å². The van der Waals surface area contributed by atoms with E-state index in [1.165, 1.54) is 27.2 Å². The van der Waals surface area contributed by atoms with E-state index in [1.807, 2.05) is 30.3 Å². The third-order valence-electron chi connectivity index (χ3n) is 5.32. The van der Waals surface area contributed by atoms with Gasteiger partial charge in [0.05, 0.1) is 5.69 Å². The molecular weight excluding hydrogens is 416 g/mol. The number of benzene rings is 3. The maximum Gasteiger partial charge on any atom is 0.270 e. The number of thiocarbonyl (C=S) groups is 1. The highest BCUT2D eigenvalue weighted by molar-refractivity contribution is 7.80. The fraction of sp³-hybridized carbons (Fsp3) is 0.0417. The lowest BCUT2D eigenvalue weighted by atomic mass is 10.0. The first-order chi connectivity index (χ1) is 14.5. The fourth-order valence-electron chi connectivity index (χ4n) is 3.90. The van der Waals surface area contributed by atoms with Gasteiger partial charge < -0.3 is 0 Å². The number of hydrogen-bond donors (Lipinski definition) is 1. The van der Waals surface area contributed by atoms with Crippen LogP contribution in [0.15, 0.2) is 72.3 Å². The van der Waals surface area contributed by atoms with Crippen molar-refractivity contribution in [2.45, 2.75) is 6.42 Å². The average Bonchev–Trinajstić information content (AvgIpc) is 3.10. The average molecular weight is 431 g/mol. The predicted octanol–water partition coefficient (Wildman–Crippen LogP) is 4.74. The summed E-state index contributed by atoms with van der Waals surface area (Å²) >= 11 is 11.2. The van der Waals surface area contributed by atoms with Gasteiger partial charge >= 0.3 is 0 Å². The highest BCUT2D eigenvalue weighted by Gasteiger charge is 2.34. The Morgan fingerprint density at radius 3 is 2.47 bits per heavy atom. The Morgan fingerprint density at radius 1 is 0.933 bits per heavy atom. The molecule has 0 spiro atoms. The van der Waals surface area contributed by atoms with Gasteiger partial charge in [0.15, 0.2) is 5.11 Å². The van der Waals surface area contributed by atoms with Crippen molar-refractivity contribution in [1.29, 1.82) is 0 Å². The summed E-state index contributed by atoms with van der Waals surface area (Å²) in [5, 5.41) is 3.21. The number of rotatable bonds is 2. The van der Waals surface area contributed by atoms with E-state index in [4.69, 9.17) is 23.8 Å². The molecular formula is C24H15ClN2O2S. The van der Waals surface area contributed by atoms with Gasteiger partial charge in [0.25, 0.3) is 11.8 Å². The van der Waals surface area contributed by atoms with Crippen LogP contribution in [0.1, 0.15) is 16.7 Å². The number of fused-ring (bicyclic) bond motifs is 3. The zero-order valence-corrected chi connectivity index (χ0v) is 17.3. The van der Waals surface area contributed by atoms with Crippen LogP contribution in [0.4, 0.5) is 5.69 Å². The van der Waals surface area contributed by atoms with Crippen molar-refractivity contribution >= 4 is 52.5 Å². The maximum atomic E-state index is 13.1. The van der Waals surface area contributed by atoms with E-state index in [2.05, 4.69) is 17.4 Å². The lowest BCUT2D eigenvalue weighted by Gasteiger charge is -2.29. The zero-order valence-electron chi connectivity index (χ0n) is 15.7. The van der Waals surface area contributed by atoms with Crippen LogP contribution in [-0.4, -0.2) is 16.9 Å². The minimum atomic E-state index is -0.501. The van der Waals surface area contributed by atoms with Gasteiger partial charge in [-0.15, -0.1) is 0 Å². The number of nitrogens with one attached hydrogen (secondary N) is 1. The molecule has 0 bridgehead atoms. The van der Waals surface area contributed by atoms with E-state index in [9.17, 15) is 9.59 Å². The molecule has 0 unspecified atom stereocenters. The van der Waals surface area contributed by atoms with E-state index >= 15 is 0 Å². The molecule has 0 atom stereocenters. The normalized spacial score (nSPS) is 16.5. The Morgan fingerprint density at radius 2 is 1.67 bits per heavy atom. The second-order valence-corrected chi connectivity index (χ2v) is 8.01. The molecule has 0 radical (unpaired) electrons. The van der Waals surface area contributed by atoms with Gasteiger partial charge in [0.2, 0.25) is 0 Å². The molecule has 2 aliphatic rings. The Labute approximate surface area is 183 Å². The molecule has 6 heteroatoms. The van der Waals surface area contributed by atoms with Gasteiger partial charge in [-0.25, -0.2) is 0 Å². The first-order valence-electron chi connectivity index (χ1n) is 9.39. The maximum absolute atomic E-state index is 13.1. The molecule has 1 fully saturated rings. The molecule has 1 heterocycles. The van der Waals surface area contributed by atoms with Crippen LogP contribution in [0.25, 0.3) is 17.2 Å². The second-order valence-electron chi connectivity index (χ2n) is 7.18. The second kappa shape index (κ2) is 7.20. The Balaban J connectivity index is 1.51. The number of anilines is 1. The zero-order chi connectivity index (χ0) is 20.8. The van der Waals surface area contributed by atoms with E-state index in [0.717, 1.165) is 12.0 Å². The number of nitrogens with zero attached hydrogens (tertiary/aromatic N) is 1. The topological polar surface area (TPSA) is 49.4 Å². The summed E-state index contributed by atoms with van der Waals surface area (Å²) in [7, 11) is 0. The molecule has 1 saturated heterocycles. The van der Waals surface area contributed by atoms with Gasteiger partial charge in [-0.1, -0.05) is 54.1 Å². The summed E-state index contributed by atoms with van der Waals surface area (Å²) in [5.74, 6) is -0.964. The van der Waals surface area contributed by atoms with Crippen molar-refractivity contribution in [2.24, 2.45) is 0 Å². The third-order valence-corrected chi connectivity index (χ3v) is 5.85. The Hall–Kier alpha value is -3.28. The molecule has 146 valence electrons. The number of carbonyl (C=O) groups excluding carboxylic acids is 2. The number of halogens is 1. The molecule has 30 heavy (non-hydrogen) atoms. The lowest BCUT2D eigenvalue weighted by Crippen LogP contribution is -2.54. The summed E-state index contributed by atoms with van der Waals surface area (Å²) in [4.78, 5) is 27.0. The van der Waals surface area contributed by atoms with Crippen molar-refractivity contribution in [2.75, 3.05) is 4.90 Å². The first kappa shape index (κ1) is 18.7. The van der Waals surface area contributed by atoms with Crippen LogP contribution in [0.3, 0.4) is 0 Å². The predicted molar refractivity (Wildman–Crippen MR) is 122 cm³/mol. The quantitative estimate of drug-likeness (QED) is 0.284. The SMILES string of the molecule is O=C1NC(=S)N(c2ccc(Cl)cc2)C(=O)C1=Cc1ccc2c(c1)Cc1ccccc1-2. The van der Waals surface area contributed by atoms with Crippen LogP contribution in [-0.2, 0) is 16.0 Å². The van der Waals surface area contributed by atoms with Gasteiger partial charge in [0.1, 0.15) is 5.57 Å². The summed E-state index contributed by atoms with van der Waals surface area (Å²) in [6.45, 7) is 0. The van der Waals surface area contributed by atoms with Gasteiger partial charge in [0, 0.05) is 5.02 Å². The molecule has 1 aliphatic carbocycles. The van der Waals surface area contributed by atoms with Crippen molar-refractivity contribution in [1.82, 2.24) is 5.32 Å². The monoisotopic (exact) mass is 430 g/mol. The van der Waals surface area contributed by atoms with Crippen LogP contribution < -0.4 is 10.2 Å². The molecule has 0 saturated carbocycles. The van der Waals surface area contributed by atoms with Gasteiger partial charge in [-0.05, 0) is 76.8 Å². The smallest absolute Gasteiger partial charge is 0.270 e. The van der Waals surface area contributed by atoms with E-state index in [1.54, 1.807) is 30.3 Å². The standard InChI is InChI=1S/C24H15ClN2O2S/c25-17-6-8-18(9-7-17)27-23(29)21(22(28)26-24(27)30)12-14-5-10-20-16(11-14)13-15-3-1-2-4-19(15)20/h1-12H,13H2,(H,26,28,30). The van der Waals surface area contributed by atoms with Crippen LogP contribution >= 0.6 is 23.8 Å². The summed E-state index contributed by atoms with van der Waals surface area (Å²) in [5.41, 5.74) is 6.26. The number of carbonyl (C=O) groups is 2. The van der Waals surface area contributed by atoms with Crippen molar-refractivity contribution < 1.29 is 9.59 Å². The summed E-state index contributed by atoms with van der Waals surface area (Å²) < 4.78 is 0. The van der Waals surface area contributed by atoms with Gasteiger partial charge in [-0.3, -0.25) is 19.8 Å². The van der Waals surface area contributed by atoms with Crippen LogP contribution in [0, 0.1) is 0 Å². The highest BCUT2D eigenvalue weighted by atomic mass is 35.5. The molecule has 0 aromatic heterocycles. The molecule has 3 aromatic rings. The largest absolute Gasteiger partial charge is 0.298 e. The first-order valence-corrected chi connectivity index (χ1v) is 10.2. The molecule has 4 nitrogen and oxygen atoms in total. The molecule has 5 rings (SSSR count). The summed E-state index contributed by atoms with van der Waals surface area (Å²) in [6.07, 6.45) is 2.45. The summed E-state index contributed by atoms with van der Waals surface area (Å²) in [6, 6.07) is 21.0. The molecule has 3 aromatic carbocycles. The van der Waals surface area contributed by atoms with Crippen molar-refractivity contribution in [3.63, 3.8) is 0 Å². The van der Waals surface area contributed by atoms with Crippen LogP contribution in [0.5, 0.6) is 0 Å². The Kier molecular flexibility index (Phi) is 4.50. The van der Waals surface area contributed by atoms with Gasteiger partial charge in [-0.2, -0.15) is 0 Å². The van der Waals surface area contributed by atoms with Crippen molar-refractivity contribution in [3.8, 4) is 11.1 Å². The van der Waals surface area contributed by atoms with Crippen LogP contribution in [0.2, 0.25) is 5.02 Å². The highest BCUT2D eigenvalue weighted by Crippen LogP contribution is 2.37. The number of amides is 2. The fourth-order valence-corrected chi connectivity index (χ4v) is 4.31. The number of hydrogen-bond acceptors (Lipinski definition) is 3. The van der Waals surface area contributed by atoms with E-state index < -0.39 is 11.8 Å². The minimum absolute atomic E-state index is 0.0361. The third kappa shape index (κ3) is 3.12. The van der Waals surface area contributed by atoms with E-state index in [0.29, 0.717) is 10.7 Å². The Bertz CT molecular complexity index is 1260.